The van der Waals surface area contributed by atoms with Crippen molar-refractivity contribution in [2.45, 2.75) is 39.2 Å². The molecule has 0 bridgehead atoms. The molecule has 1 saturated heterocycles. The number of rotatable bonds is 3. The maximum Gasteiger partial charge on any atom is 2.00 e. The minimum atomic E-state index is 0. The normalized spacial score (nSPS) is 15.4. The molecule has 0 aromatic rings. The molecule has 1 fully saturated rings. The van der Waals surface area contributed by atoms with E-state index in [1.165, 1.54) is 0 Å². The van der Waals surface area contributed by atoms with Crippen molar-refractivity contribution in [3.8, 4) is 0 Å². The summed E-state index contributed by atoms with van der Waals surface area (Å²) in [6, 6.07) is 0. The van der Waals surface area contributed by atoms with Gasteiger partial charge in [-0.05, 0) is 12.8 Å². The average molecular weight is 298 g/mol. The van der Waals surface area contributed by atoms with Gasteiger partial charge in [-0.15, -0.1) is 0 Å². The van der Waals surface area contributed by atoms with Crippen molar-refractivity contribution in [1.82, 2.24) is 0 Å². The van der Waals surface area contributed by atoms with Gasteiger partial charge in [0.15, 0.2) is 0 Å². The maximum absolute atomic E-state index is 7.88. The van der Waals surface area contributed by atoms with Gasteiger partial charge in [-0.3, -0.25) is 0 Å². The van der Waals surface area contributed by atoms with Gasteiger partial charge >= 0.3 is 26.2 Å². The number of aliphatic hydroxyl groups excluding tert-OH is 2. The van der Waals surface area contributed by atoms with Crippen molar-refractivity contribution >= 4 is 0 Å². The summed E-state index contributed by atoms with van der Waals surface area (Å²) in [5.41, 5.74) is 0. The summed E-state index contributed by atoms with van der Waals surface area (Å²) < 4.78 is 4.80. The van der Waals surface area contributed by atoms with E-state index in [2.05, 4.69) is 6.92 Å². The molecule has 1 unspecified atom stereocenters. The Morgan fingerprint density at radius 3 is 1.47 bits per heavy atom. The van der Waals surface area contributed by atoms with E-state index >= 15 is 0 Å². The third kappa shape index (κ3) is 39.9. The molecule has 1 rings (SSSR count). The summed E-state index contributed by atoms with van der Waals surface area (Å²) in [6.45, 7) is 9.07. The third-order valence-electron chi connectivity index (χ3n) is 1.17. The molecule has 1 atom stereocenters. The van der Waals surface area contributed by atoms with Crippen molar-refractivity contribution < 1.29 is 41.2 Å². The minimum Gasteiger partial charge on any atom is -0.396 e. The van der Waals surface area contributed by atoms with Crippen LogP contribution in [0.3, 0.4) is 0 Å². The number of hydrogen-bond acceptors (Lipinski definition) is 3. The molecule has 15 heavy (non-hydrogen) atoms. The van der Waals surface area contributed by atoms with Crippen LogP contribution < -0.4 is 0 Å². The van der Waals surface area contributed by atoms with Crippen LogP contribution in [-0.4, -0.2) is 36.1 Å². The molecule has 3 nitrogen and oxygen atoms in total. The fourth-order valence-corrected chi connectivity index (χ4v) is 0.235. The predicted molar refractivity (Wildman–Crippen MR) is 60.9 cm³/mol. The fraction of sp³-hybridized carbons (Fsp3) is 0.818. The average Bonchev–Trinajstić information content (AvgIpc) is 3.02. The second-order valence-electron chi connectivity index (χ2n) is 2.69. The Bertz CT molecular complexity index is 70.2. The van der Waals surface area contributed by atoms with Crippen molar-refractivity contribution in [3.05, 3.63) is 14.4 Å². The molecule has 2 N–H and O–H groups in total. The second kappa shape index (κ2) is 24.1. The molecule has 4 heteroatoms. The summed E-state index contributed by atoms with van der Waals surface area (Å²) in [4.78, 5) is 0. The maximum atomic E-state index is 7.88. The zero-order chi connectivity index (χ0) is 10.5. The van der Waals surface area contributed by atoms with Crippen LogP contribution in [0.4, 0.5) is 0 Å². The molecular weight excluding hydrogens is 271 g/mol. The van der Waals surface area contributed by atoms with E-state index in [4.69, 9.17) is 14.9 Å². The van der Waals surface area contributed by atoms with Crippen LogP contribution in [0.5, 0.6) is 0 Å². The van der Waals surface area contributed by atoms with Gasteiger partial charge in [-0.1, -0.05) is 13.8 Å². The summed E-state index contributed by atoms with van der Waals surface area (Å²) in [7, 11) is 0. The van der Waals surface area contributed by atoms with Crippen LogP contribution in [0.1, 0.15) is 33.1 Å². The molecule has 0 saturated carbocycles. The molecule has 92 valence electrons. The Labute approximate surface area is 114 Å². The summed E-state index contributed by atoms with van der Waals surface area (Å²) in [5.74, 6) is 0. The van der Waals surface area contributed by atoms with Crippen LogP contribution >= 0.6 is 0 Å². The third-order valence-corrected chi connectivity index (χ3v) is 1.17. The molecule has 0 spiro atoms. The summed E-state index contributed by atoms with van der Waals surface area (Å²) in [6.07, 6.45) is 3.22. The summed E-state index contributed by atoms with van der Waals surface area (Å²) >= 11 is 0. The molecule has 1 aliphatic heterocycles. The minimum absolute atomic E-state index is 0. The van der Waals surface area contributed by atoms with Gasteiger partial charge in [-0.2, -0.15) is 6.42 Å². The van der Waals surface area contributed by atoms with E-state index in [0.29, 0.717) is 19.3 Å². The van der Waals surface area contributed by atoms with E-state index in [-0.39, 0.29) is 33.6 Å². The molecule has 1 heterocycles. The first-order chi connectivity index (χ1) is 6.26. The molecule has 1 aliphatic rings. The first-order valence-electron chi connectivity index (χ1n) is 4.89. The van der Waals surface area contributed by atoms with Gasteiger partial charge in [-0.25, -0.2) is 0 Å². The van der Waals surface area contributed by atoms with Gasteiger partial charge < -0.3 is 29.3 Å². The van der Waals surface area contributed by atoms with Gasteiger partial charge in [0.05, 0.1) is 12.7 Å². The SMILES string of the molecule is CCCO.CCCO.[CH2-]CC1CO1.[CH3-].[Zr+2]. The van der Waals surface area contributed by atoms with E-state index in [1.807, 2.05) is 13.8 Å². The molecular formula is C11H26O3Zr. The number of epoxide rings is 1. The Kier molecular flexibility index (Phi) is 40.0. The summed E-state index contributed by atoms with van der Waals surface area (Å²) in [5, 5.41) is 15.8. The van der Waals surface area contributed by atoms with Crippen LogP contribution in [0.15, 0.2) is 0 Å². The Morgan fingerprint density at radius 2 is 1.47 bits per heavy atom. The van der Waals surface area contributed by atoms with Gasteiger partial charge in [0.1, 0.15) is 0 Å². The van der Waals surface area contributed by atoms with Crippen molar-refractivity contribution in [3.63, 3.8) is 0 Å². The van der Waals surface area contributed by atoms with E-state index in [9.17, 15) is 0 Å². The van der Waals surface area contributed by atoms with Crippen LogP contribution in [0, 0.1) is 14.4 Å². The van der Waals surface area contributed by atoms with Crippen molar-refractivity contribution in [2.75, 3.05) is 19.8 Å². The van der Waals surface area contributed by atoms with Gasteiger partial charge in [0, 0.05) is 13.2 Å². The first-order valence-corrected chi connectivity index (χ1v) is 4.89. The van der Waals surface area contributed by atoms with Crippen molar-refractivity contribution in [2.24, 2.45) is 0 Å². The number of ether oxygens (including phenoxy) is 1. The first kappa shape index (κ1) is 24.8. The zero-order valence-corrected chi connectivity index (χ0v) is 12.8. The molecule has 0 amide bonds. The standard InChI is InChI=1S/C4H7O.2C3H8O.CH3.Zr/c1-2-4-3-5-4;2*1-2-3-4;;/h4H,1-3H2;2*4H,2-3H2,1H3;1H3;/q-1;;;-1;+2. The van der Waals surface area contributed by atoms with Crippen LogP contribution in [0.25, 0.3) is 0 Å². The molecule has 0 aromatic heterocycles. The van der Waals surface area contributed by atoms with E-state index < -0.39 is 0 Å². The number of hydrogen-bond donors (Lipinski definition) is 2. The number of aliphatic hydroxyl groups is 2. The molecule has 0 aromatic carbocycles. The molecule has 0 radical (unpaired) electrons. The second-order valence-corrected chi connectivity index (χ2v) is 2.69. The fourth-order valence-electron chi connectivity index (χ4n) is 0.235. The Morgan fingerprint density at radius 1 is 1.20 bits per heavy atom. The Balaban J connectivity index is -0.0000000575. The van der Waals surface area contributed by atoms with E-state index in [1.54, 1.807) is 0 Å². The van der Waals surface area contributed by atoms with Crippen LogP contribution in [-0.2, 0) is 30.9 Å². The topological polar surface area (TPSA) is 53.0 Å². The smallest absolute Gasteiger partial charge is 0.396 e. The monoisotopic (exact) mass is 296 g/mol. The zero-order valence-electron chi connectivity index (χ0n) is 10.3. The molecule has 0 aliphatic carbocycles. The predicted octanol–water partition coefficient (Wildman–Crippen LogP) is 1.83. The van der Waals surface area contributed by atoms with Crippen LogP contribution in [0.2, 0.25) is 0 Å². The quantitative estimate of drug-likeness (QED) is 0.617. The van der Waals surface area contributed by atoms with E-state index in [0.717, 1.165) is 25.9 Å². The van der Waals surface area contributed by atoms with Gasteiger partial charge in [0.2, 0.25) is 0 Å². The van der Waals surface area contributed by atoms with Gasteiger partial charge in [0.25, 0.3) is 0 Å². The Hall–Kier alpha value is 0.763. The largest absolute Gasteiger partial charge is 2.00 e. The van der Waals surface area contributed by atoms with Crippen molar-refractivity contribution in [1.29, 1.82) is 0 Å².